The fourth-order valence-electron chi connectivity index (χ4n) is 2.88. The van der Waals surface area contributed by atoms with Crippen LogP contribution in [0.1, 0.15) is 15.9 Å². The van der Waals surface area contributed by atoms with Gasteiger partial charge in [0.05, 0.1) is 16.8 Å². The molecule has 1 N–H and O–H groups in total. The van der Waals surface area contributed by atoms with E-state index in [4.69, 9.17) is 0 Å². The third-order valence-electron chi connectivity index (χ3n) is 4.22. The molecular formula is C19H16F3N3O3. The molecule has 3 amide bonds. The summed E-state index contributed by atoms with van der Waals surface area (Å²) < 4.78 is 38.4. The van der Waals surface area contributed by atoms with Crippen LogP contribution < -0.4 is 10.2 Å². The first-order chi connectivity index (χ1) is 13.2. The van der Waals surface area contributed by atoms with Crippen molar-refractivity contribution in [1.29, 1.82) is 0 Å². The number of hydrogen-bond acceptors (Lipinski definition) is 3. The number of likely N-dealkylation sites (N-methyl/N-ethyl adjacent to an activating group) is 1. The van der Waals surface area contributed by atoms with Gasteiger partial charge in [0.25, 0.3) is 5.91 Å². The number of halogens is 3. The smallest absolute Gasteiger partial charge is 0.332 e. The van der Waals surface area contributed by atoms with Gasteiger partial charge in [-0.15, -0.1) is 0 Å². The molecule has 0 aromatic heterocycles. The predicted molar refractivity (Wildman–Crippen MR) is 95.8 cm³/mol. The van der Waals surface area contributed by atoms with Crippen molar-refractivity contribution in [3.8, 4) is 0 Å². The van der Waals surface area contributed by atoms with E-state index in [1.165, 1.54) is 24.1 Å². The van der Waals surface area contributed by atoms with Gasteiger partial charge in [-0.3, -0.25) is 14.4 Å². The number of para-hydroxylation sites is 1. The van der Waals surface area contributed by atoms with Crippen LogP contribution in [0.5, 0.6) is 0 Å². The Bertz CT molecular complexity index is 943. The Balaban J connectivity index is 1.83. The maximum absolute atomic E-state index is 12.8. The first-order valence-corrected chi connectivity index (χ1v) is 8.29. The Hall–Kier alpha value is -3.36. The second-order valence-corrected chi connectivity index (χ2v) is 6.28. The van der Waals surface area contributed by atoms with E-state index < -0.39 is 30.1 Å². The van der Waals surface area contributed by atoms with Crippen molar-refractivity contribution in [1.82, 2.24) is 4.90 Å². The molecule has 2 aromatic rings. The number of hydrogen-bond donors (Lipinski definition) is 1. The van der Waals surface area contributed by atoms with Crippen molar-refractivity contribution >= 4 is 29.1 Å². The van der Waals surface area contributed by atoms with Gasteiger partial charge in [-0.1, -0.05) is 18.2 Å². The van der Waals surface area contributed by atoms with E-state index in [2.05, 4.69) is 5.32 Å². The van der Waals surface area contributed by atoms with Gasteiger partial charge in [-0.25, -0.2) is 0 Å². The average Bonchev–Trinajstić information content (AvgIpc) is 2.72. The summed E-state index contributed by atoms with van der Waals surface area (Å²) >= 11 is 0. The molecule has 0 bridgehead atoms. The fourth-order valence-corrected chi connectivity index (χ4v) is 2.88. The number of nitrogens with one attached hydrogen (secondary N) is 1. The van der Waals surface area contributed by atoms with Crippen LogP contribution in [0, 0.1) is 0 Å². The summed E-state index contributed by atoms with van der Waals surface area (Å²) in [4.78, 5) is 39.7. The number of carbonyl (C=O) groups is 3. The number of benzene rings is 2. The summed E-state index contributed by atoms with van der Waals surface area (Å²) in [7, 11) is 1.48. The summed E-state index contributed by atoms with van der Waals surface area (Å²) in [6.07, 6.45) is -4.54. The number of alkyl halides is 3. The molecule has 1 aliphatic heterocycles. The zero-order valence-corrected chi connectivity index (χ0v) is 14.8. The van der Waals surface area contributed by atoms with Crippen molar-refractivity contribution in [2.75, 3.05) is 30.4 Å². The zero-order valence-electron chi connectivity index (χ0n) is 14.8. The van der Waals surface area contributed by atoms with Crippen LogP contribution >= 0.6 is 0 Å². The van der Waals surface area contributed by atoms with Gasteiger partial charge < -0.3 is 15.1 Å². The van der Waals surface area contributed by atoms with Gasteiger partial charge in [0.15, 0.2) is 0 Å². The Morgan fingerprint density at radius 2 is 1.82 bits per heavy atom. The van der Waals surface area contributed by atoms with Crippen LogP contribution in [0.3, 0.4) is 0 Å². The van der Waals surface area contributed by atoms with Gasteiger partial charge in [-0.2, -0.15) is 13.2 Å². The van der Waals surface area contributed by atoms with Gasteiger partial charge in [-0.05, 0) is 30.3 Å². The maximum Gasteiger partial charge on any atom is 0.416 e. The quantitative estimate of drug-likeness (QED) is 0.875. The Morgan fingerprint density at radius 1 is 1.11 bits per heavy atom. The first-order valence-electron chi connectivity index (χ1n) is 8.29. The highest BCUT2D eigenvalue weighted by Crippen LogP contribution is 2.31. The van der Waals surface area contributed by atoms with Crippen LogP contribution in [0.25, 0.3) is 0 Å². The molecule has 9 heteroatoms. The van der Waals surface area contributed by atoms with Crippen LogP contribution in [0.2, 0.25) is 0 Å². The molecule has 0 unspecified atom stereocenters. The largest absolute Gasteiger partial charge is 0.416 e. The SMILES string of the molecule is CN1CC(=O)N(CC(=O)Nc2cccc(C(F)(F)F)c2)c2ccccc2C1=O. The summed E-state index contributed by atoms with van der Waals surface area (Å²) in [5.41, 5.74) is -0.388. The van der Waals surface area contributed by atoms with Crippen LogP contribution in [0.4, 0.5) is 24.5 Å². The molecular weight excluding hydrogens is 375 g/mol. The van der Waals surface area contributed by atoms with Gasteiger partial charge in [0, 0.05) is 12.7 Å². The predicted octanol–water partition coefficient (Wildman–Crippen LogP) is 2.76. The monoisotopic (exact) mass is 391 g/mol. The van der Waals surface area contributed by atoms with E-state index in [0.717, 1.165) is 17.0 Å². The van der Waals surface area contributed by atoms with Gasteiger partial charge in [0.1, 0.15) is 13.1 Å². The third kappa shape index (κ3) is 3.98. The molecule has 2 aromatic carbocycles. The lowest BCUT2D eigenvalue weighted by Crippen LogP contribution is -2.41. The minimum atomic E-state index is -4.54. The van der Waals surface area contributed by atoms with Gasteiger partial charge >= 0.3 is 6.18 Å². The molecule has 28 heavy (non-hydrogen) atoms. The van der Waals surface area contributed by atoms with Crippen molar-refractivity contribution in [2.45, 2.75) is 6.18 Å². The summed E-state index contributed by atoms with van der Waals surface area (Å²) in [6.45, 7) is -0.655. The lowest BCUT2D eigenvalue weighted by atomic mass is 10.1. The van der Waals surface area contributed by atoms with E-state index in [1.807, 2.05) is 0 Å². The maximum atomic E-state index is 12.8. The fraction of sp³-hybridized carbons (Fsp3) is 0.211. The van der Waals surface area contributed by atoms with E-state index >= 15 is 0 Å². The molecule has 0 atom stereocenters. The lowest BCUT2D eigenvalue weighted by molar-refractivity contribution is -0.137. The Morgan fingerprint density at radius 3 is 2.54 bits per heavy atom. The van der Waals surface area contributed by atoms with Crippen LogP contribution in [0.15, 0.2) is 48.5 Å². The van der Waals surface area contributed by atoms with E-state index in [9.17, 15) is 27.6 Å². The molecule has 0 radical (unpaired) electrons. The van der Waals surface area contributed by atoms with E-state index in [0.29, 0.717) is 0 Å². The Kier molecular flexibility index (Phi) is 5.08. The standard InChI is InChI=1S/C19H16F3N3O3/c1-24-11-17(27)25(15-8-3-2-7-14(15)18(24)28)10-16(26)23-13-6-4-5-12(9-13)19(20,21)22/h2-9H,10-11H2,1H3,(H,23,26). The van der Waals surface area contributed by atoms with Crippen LogP contribution in [-0.4, -0.2) is 42.8 Å². The molecule has 0 spiro atoms. The van der Waals surface area contributed by atoms with E-state index in [-0.39, 0.29) is 29.4 Å². The number of fused-ring (bicyclic) bond motifs is 1. The summed E-state index contributed by atoms with van der Waals surface area (Å²) in [5.74, 6) is -1.51. The highest BCUT2D eigenvalue weighted by molar-refractivity contribution is 6.12. The molecule has 0 aliphatic carbocycles. The van der Waals surface area contributed by atoms with Crippen molar-refractivity contribution in [3.05, 3.63) is 59.7 Å². The van der Waals surface area contributed by atoms with Crippen molar-refractivity contribution < 1.29 is 27.6 Å². The molecule has 0 saturated carbocycles. The number of anilines is 2. The molecule has 1 aliphatic rings. The van der Waals surface area contributed by atoms with Gasteiger partial charge in [0.2, 0.25) is 11.8 Å². The molecule has 6 nitrogen and oxygen atoms in total. The second-order valence-electron chi connectivity index (χ2n) is 6.28. The minimum absolute atomic E-state index is 0.0384. The average molecular weight is 391 g/mol. The molecule has 146 valence electrons. The van der Waals surface area contributed by atoms with Crippen molar-refractivity contribution in [3.63, 3.8) is 0 Å². The number of amides is 3. The third-order valence-corrected chi connectivity index (χ3v) is 4.22. The molecule has 1 heterocycles. The highest BCUT2D eigenvalue weighted by Gasteiger charge is 2.32. The Labute approximate surface area is 158 Å². The summed E-state index contributed by atoms with van der Waals surface area (Å²) in [5, 5.41) is 2.36. The zero-order chi connectivity index (χ0) is 20.5. The molecule has 0 fully saturated rings. The minimum Gasteiger partial charge on any atom is -0.332 e. The topological polar surface area (TPSA) is 69.7 Å². The van der Waals surface area contributed by atoms with E-state index in [1.54, 1.807) is 24.3 Å². The van der Waals surface area contributed by atoms with Crippen molar-refractivity contribution in [2.24, 2.45) is 0 Å². The number of rotatable bonds is 3. The van der Waals surface area contributed by atoms with Crippen LogP contribution in [-0.2, 0) is 15.8 Å². The number of carbonyl (C=O) groups excluding carboxylic acids is 3. The first kappa shape index (κ1) is 19.4. The highest BCUT2D eigenvalue weighted by atomic mass is 19.4. The lowest BCUT2D eigenvalue weighted by Gasteiger charge is -2.21. The second kappa shape index (κ2) is 7.34. The molecule has 0 saturated heterocycles. The normalized spacial score (nSPS) is 14.6. The summed E-state index contributed by atoms with van der Waals surface area (Å²) in [6, 6.07) is 10.6. The molecule has 3 rings (SSSR count). The number of nitrogens with zero attached hydrogens (tertiary/aromatic N) is 2.